The van der Waals surface area contributed by atoms with Crippen LogP contribution in [0.5, 0.6) is 11.5 Å². The third kappa shape index (κ3) is 5.35. The summed E-state index contributed by atoms with van der Waals surface area (Å²) >= 11 is 0. The lowest BCUT2D eigenvalue weighted by molar-refractivity contribution is 0.391. The zero-order chi connectivity index (χ0) is 28.7. The van der Waals surface area contributed by atoms with Crippen molar-refractivity contribution in [3.8, 4) is 28.6 Å². The predicted molar refractivity (Wildman–Crippen MR) is 154 cm³/mol. The van der Waals surface area contributed by atoms with Gasteiger partial charge in [0.15, 0.2) is 5.82 Å². The monoisotopic (exact) mass is 575 g/mol. The van der Waals surface area contributed by atoms with E-state index in [1.54, 1.807) is 50.1 Å². The number of hydrogen-bond donors (Lipinski definition) is 1. The Balaban J connectivity index is 1.39. The van der Waals surface area contributed by atoms with Crippen molar-refractivity contribution in [2.75, 3.05) is 18.9 Å². The zero-order valence-corrected chi connectivity index (χ0v) is 24.3. The predicted octanol–water partition coefficient (Wildman–Crippen LogP) is 4.83. The van der Waals surface area contributed by atoms with Crippen molar-refractivity contribution in [1.29, 1.82) is 0 Å². The topological polar surface area (TPSA) is 134 Å². The van der Waals surface area contributed by atoms with Gasteiger partial charge >= 0.3 is 0 Å². The Hall–Kier alpha value is -4.06. The maximum absolute atomic E-state index is 13.8. The Morgan fingerprint density at radius 3 is 2.15 bits per heavy atom. The molecule has 4 aromatic rings. The van der Waals surface area contributed by atoms with E-state index in [-0.39, 0.29) is 5.95 Å². The fraction of sp³-hybridized carbons (Fsp3) is 0.414. The Morgan fingerprint density at radius 1 is 0.902 bits per heavy atom. The molecular formula is C29H33N7O4S. The molecule has 0 bridgehead atoms. The number of rotatable bonds is 11. The normalized spacial score (nSPS) is 16.7. The largest absolute Gasteiger partial charge is 0.494 e. The van der Waals surface area contributed by atoms with Gasteiger partial charge in [0.05, 0.1) is 19.5 Å². The van der Waals surface area contributed by atoms with Crippen LogP contribution in [-0.4, -0.2) is 57.6 Å². The van der Waals surface area contributed by atoms with Gasteiger partial charge in [-0.25, -0.2) is 18.4 Å². The van der Waals surface area contributed by atoms with Crippen molar-refractivity contribution in [1.82, 2.24) is 29.7 Å². The summed E-state index contributed by atoms with van der Waals surface area (Å²) in [7, 11) is -0.893. The first-order valence-electron chi connectivity index (χ1n) is 13.8. The van der Waals surface area contributed by atoms with E-state index in [2.05, 4.69) is 29.9 Å². The molecule has 6 rings (SSSR count). The van der Waals surface area contributed by atoms with E-state index in [0.717, 1.165) is 36.8 Å². The molecule has 0 unspecified atom stereocenters. The number of methoxy groups -OCH3 is 2. The molecule has 2 saturated carbocycles. The molecule has 0 radical (unpaired) electrons. The molecule has 3 aromatic heterocycles. The molecule has 2 fully saturated rings. The van der Waals surface area contributed by atoms with E-state index in [0.29, 0.717) is 46.2 Å². The van der Waals surface area contributed by atoms with Crippen LogP contribution in [0.15, 0.2) is 49.1 Å². The molecule has 1 N–H and O–H groups in total. The van der Waals surface area contributed by atoms with Crippen LogP contribution in [0.25, 0.3) is 17.1 Å². The van der Waals surface area contributed by atoms with Gasteiger partial charge in [0.25, 0.3) is 0 Å². The molecular weight excluding hydrogens is 542 g/mol. The van der Waals surface area contributed by atoms with Gasteiger partial charge in [0, 0.05) is 36.3 Å². The lowest BCUT2D eigenvalue weighted by Crippen LogP contribution is -2.31. The smallest absolute Gasteiger partial charge is 0.243 e. The highest BCUT2D eigenvalue weighted by molar-refractivity contribution is 7.93. The van der Waals surface area contributed by atoms with Crippen LogP contribution in [0.2, 0.25) is 0 Å². The zero-order valence-electron chi connectivity index (χ0n) is 23.5. The first-order valence-corrected chi connectivity index (χ1v) is 15.3. The summed E-state index contributed by atoms with van der Waals surface area (Å²) in [4.78, 5) is 13.4. The number of nitrogens with one attached hydrogen (secondary N) is 1. The first kappa shape index (κ1) is 27.1. The minimum Gasteiger partial charge on any atom is -0.494 e. The van der Waals surface area contributed by atoms with Crippen LogP contribution >= 0.6 is 0 Å². The minimum atomic E-state index is -3.98. The van der Waals surface area contributed by atoms with E-state index < -0.39 is 21.2 Å². The Bertz CT molecular complexity index is 1640. The number of para-hydroxylation sites is 1. The van der Waals surface area contributed by atoms with Gasteiger partial charge in [-0.3, -0.25) is 14.3 Å². The minimum absolute atomic E-state index is 0.00340. The molecule has 2 aliphatic rings. The third-order valence-electron chi connectivity index (χ3n) is 7.93. The van der Waals surface area contributed by atoms with Crippen LogP contribution in [0.3, 0.4) is 0 Å². The SMILES string of the molecule is COc1cccc(OC)c1-n1c(NS(=O)(=O)[C@@H](C)[C@H](C)c2ncc(C3CC3)cn2)nnc1-c1cncc(C2CC2)c1. The van der Waals surface area contributed by atoms with Gasteiger partial charge in [-0.15, -0.1) is 10.2 Å². The Kier molecular flexibility index (Phi) is 7.10. The van der Waals surface area contributed by atoms with Gasteiger partial charge < -0.3 is 9.47 Å². The summed E-state index contributed by atoms with van der Waals surface area (Å²) < 4.78 is 43.2. The molecule has 0 amide bonds. The number of ether oxygens (including phenoxy) is 2. The standard InChI is InChI=1S/C29H33N7O4S/c1-17(27-31-15-23(16-32-27)20-10-11-20)18(2)41(37,38)35-29-34-33-28(22-12-21(13-30-14-22)19-8-9-19)36(29)26-24(39-3)6-5-7-25(26)40-4/h5-7,12-20H,8-11H2,1-4H3,(H,34,35)/t17-,18-/m0/s1. The number of sulfonamides is 1. The fourth-order valence-corrected chi connectivity index (χ4v) is 6.16. The maximum atomic E-state index is 13.8. The second-order valence-electron chi connectivity index (χ2n) is 10.8. The molecule has 2 atom stereocenters. The van der Waals surface area contributed by atoms with Gasteiger partial charge in [-0.05, 0) is 73.8 Å². The molecule has 0 saturated heterocycles. The van der Waals surface area contributed by atoms with Gasteiger partial charge in [0.2, 0.25) is 16.0 Å². The second-order valence-corrected chi connectivity index (χ2v) is 12.8. The molecule has 3 heterocycles. The average Bonchev–Trinajstić information content (AvgIpc) is 3.93. The molecule has 214 valence electrons. The molecule has 0 aliphatic heterocycles. The summed E-state index contributed by atoms with van der Waals surface area (Å²) in [6, 6.07) is 7.36. The highest BCUT2D eigenvalue weighted by Crippen LogP contribution is 2.42. The van der Waals surface area contributed by atoms with E-state index in [9.17, 15) is 8.42 Å². The van der Waals surface area contributed by atoms with Gasteiger partial charge in [0.1, 0.15) is 23.0 Å². The van der Waals surface area contributed by atoms with Crippen LogP contribution in [0.1, 0.15) is 74.2 Å². The van der Waals surface area contributed by atoms with E-state index in [1.165, 1.54) is 0 Å². The van der Waals surface area contributed by atoms with Crippen LogP contribution in [0.4, 0.5) is 5.95 Å². The number of anilines is 1. The van der Waals surface area contributed by atoms with Crippen molar-refractivity contribution >= 4 is 16.0 Å². The van der Waals surface area contributed by atoms with E-state index in [4.69, 9.17) is 9.47 Å². The van der Waals surface area contributed by atoms with E-state index >= 15 is 0 Å². The lowest BCUT2D eigenvalue weighted by atomic mass is 10.1. The highest BCUT2D eigenvalue weighted by atomic mass is 32.2. The number of hydrogen-bond acceptors (Lipinski definition) is 9. The number of benzene rings is 1. The third-order valence-corrected chi connectivity index (χ3v) is 9.78. The Morgan fingerprint density at radius 2 is 1.54 bits per heavy atom. The van der Waals surface area contributed by atoms with Crippen LogP contribution in [0, 0.1) is 0 Å². The second kappa shape index (κ2) is 10.7. The first-order chi connectivity index (χ1) is 19.8. The molecule has 41 heavy (non-hydrogen) atoms. The van der Waals surface area contributed by atoms with Crippen LogP contribution in [-0.2, 0) is 10.0 Å². The number of nitrogens with zero attached hydrogens (tertiary/aromatic N) is 6. The van der Waals surface area contributed by atoms with Crippen LogP contribution < -0.4 is 14.2 Å². The van der Waals surface area contributed by atoms with Crippen molar-refractivity contribution in [2.45, 2.75) is 62.5 Å². The summed E-state index contributed by atoms with van der Waals surface area (Å²) in [5.74, 6) is 2.32. The summed E-state index contributed by atoms with van der Waals surface area (Å²) in [6.45, 7) is 3.45. The number of pyridine rings is 1. The summed E-state index contributed by atoms with van der Waals surface area (Å²) in [5, 5.41) is 7.85. The maximum Gasteiger partial charge on any atom is 0.243 e. The molecule has 12 heteroatoms. The van der Waals surface area contributed by atoms with Gasteiger partial charge in [-0.1, -0.05) is 13.0 Å². The lowest BCUT2D eigenvalue weighted by Gasteiger charge is -2.21. The molecule has 2 aliphatic carbocycles. The van der Waals surface area contributed by atoms with Crippen molar-refractivity contribution in [2.24, 2.45) is 0 Å². The van der Waals surface area contributed by atoms with Crippen molar-refractivity contribution < 1.29 is 17.9 Å². The van der Waals surface area contributed by atoms with Crippen molar-refractivity contribution in [3.05, 3.63) is 66.0 Å². The molecule has 1 aromatic carbocycles. The van der Waals surface area contributed by atoms with Crippen molar-refractivity contribution in [3.63, 3.8) is 0 Å². The fourth-order valence-electron chi connectivity index (χ4n) is 4.93. The quantitative estimate of drug-likeness (QED) is 0.267. The Labute approximate surface area is 239 Å². The molecule has 11 nitrogen and oxygen atoms in total. The highest BCUT2D eigenvalue weighted by Gasteiger charge is 2.33. The summed E-state index contributed by atoms with van der Waals surface area (Å²) in [5.41, 5.74) is 3.38. The average molecular weight is 576 g/mol. The number of aromatic nitrogens is 6. The van der Waals surface area contributed by atoms with Gasteiger partial charge in [-0.2, -0.15) is 0 Å². The van der Waals surface area contributed by atoms with E-state index in [1.807, 2.05) is 31.6 Å². The molecule has 0 spiro atoms. The summed E-state index contributed by atoms with van der Waals surface area (Å²) in [6.07, 6.45) is 11.7.